The summed E-state index contributed by atoms with van der Waals surface area (Å²) in [5.74, 6) is 0.675. The Kier molecular flexibility index (Phi) is 5.19. The largest absolute Gasteiger partial charge is 0.236 e. The molecule has 0 N–H and O–H groups in total. The molecule has 3 rings (SSSR count). The van der Waals surface area contributed by atoms with Crippen LogP contribution in [0.5, 0.6) is 0 Å². The normalized spacial score (nSPS) is 11.8. The van der Waals surface area contributed by atoms with Crippen LogP contribution in [0.15, 0.2) is 88.8 Å². The second-order valence-corrected chi connectivity index (χ2v) is 5.88. The molecule has 0 radical (unpaired) electrons. The smallest absolute Gasteiger partial charge is 0.159 e. The van der Waals surface area contributed by atoms with Crippen LogP contribution in [0.25, 0.3) is 0 Å². The summed E-state index contributed by atoms with van der Waals surface area (Å²) in [5.41, 5.74) is 4.04. The molecule has 0 fully saturated rings. The van der Waals surface area contributed by atoms with E-state index in [1.807, 2.05) is 78.9 Å². The highest BCUT2D eigenvalue weighted by atomic mass is 35.5. The Morgan fingerprint density at radius 2 is 1.50 bits per heavy atom. The van der Waals surface area contributed by atoms with E-state index in [0.29, 0.717) is 10.9 Å². The molecule has 0 spiro atoms. The third kappa shape index (κ3) is 4.40. The summed E-state index contributed by atoms with van der Waals surface area (Å²) in [5, 5.41) is 0.712. The molecule has 0 atom stereocenters. The van der Waals surface area contributed by atoms with E-state index in [-0.39, 0.29) is 0 Å². The summed E-state index contributed by atoms with van der Waals surface area (Å²) in [6.07, 6.45) is 1.80. The Labute approximate surface area is 147 Å². The van der Waals surface area contributed by atoms with Crippen LogP contribution in [0.2, 0.25) is 5.02 Å². The molecule has 3 aromatic carbocycles. The average molecular weight is 333 g/mol. The van der Waals surface area contributed by atoms with Crippen molar-refractivity contribution < 1.29 is 0 Å². The number of benzene rings is 3. The highest BCUT2D eigenvalue weighted by Gasteiger charge is 2.01. The molecule has 0 saturated heterocycles. The van der Waals surface area contributed by atoms with Crippen LogP contribution in [0, 0.1) is 6.92 Å². The topological polar surface area (TPSA) is 24.7 Å². The van der Waals surface area contributed by atoms with Gasteiger partial charge in [0.1, 0.15) is 0 Å². The van der Waals surface area contributed by atoms with Crippen molar-refractivity contribution in [3.8, 4) is 0 Å². The van der Waals surface area contributed by atoms with Gasteiger partial charge in [-0.3, -0.25) is 0 Å². The van der Waals surface area contributed by atoms with Crippen LogP contribution in [0.1, 0.15) is 16.7 Å². The third-order valence-electron chi connectivity index (χ3n) is 3.51. The first-order valence-corrected chi connectivity index (χ1v) is 8.09. The van der Waals surface area contributed by atoms with Crippen molar-refractivity contribution >= 4 is 29.3 Å². The van der Waals surface area contributed by atoms with Crippen molar-refractivity contribution in [2.75, 3.05) is 0 Å². The number of rotatable bonds is 3. The Morgan fingerprint density at radius 3 is 2.17 bits per heavy atom. The maximum Gasteiger partial charge on any atom is 0.159 e. The van der Waals surface area contributed by atoms with E-state index in [1.54, 1.807) is 6.21 Å². The minimum Gasteiger partial charge on any atom is -0.236 e. The van der Waals surface area contributed by atoms with Crippen LogP contribution in [0.4, 0.5) is 5.69 Å². The second-order valence-electron chi connectivity index (χ2n) is 5.45. The van der Waals surface area contributed by atoms with Gasteiger partial charge in [-0.2, -0.15) is 0 Å². The first kappa shape index (κ1) is 16.2. The van der Waals surface area contributed by atoms with Gasteiger partial charge in [0, 0.05) is 16.8 Å². The summed E-state index contributed by atoms with van der Waals surface area (Å²) in [6, 6.07) is 25.6. The van der Waals surface area contributed by atoms with E-state index in [0.717, 1.165) is 16.8 Å². The van der Waals surface area contributed by atoms with E-state index in [9.17, 15) is 0 Å². The number of aryl methyl sites for hydroxylation is 1. The number of halogens is 1. The van der Waals surface area contributed by atoms with Gasteiger partial charge in [0.15, 0.2) is 5.84 Å². The SMILES string of the molecule is Cc1ccc(N=C(N=Cc2ccc(Cl)cc2)c2ccccc2)cc1. The van der Waals surface area contributed by atoms with Crippen LogP contribution < -0.4 is 0 Å². The quantitative estimate of drug-likeness (QED) is 0.425. The van der Waals surface area contributed by atoms with Crippen molar-refractivity contribution in [3.05, 3.63) is 101 Å². The molecule has 3 aromatic rings. The van der Waals surface area contributed by atoms with Crippen molar-refractivity contribution in [2.45, 2.75) is 6.92 Å². The van der Waals surface area contributed by atoms with Crippen LogP contribution in [-0.2, 0) is 0 Å². The zero-order valence-electron chi connectivity index (χ0n) is 13.4. The minimum absolute atomic E-state index is 0.675. The van der Waals surface area contributed by atoms with Gasteiger partial charge in [-0.1, -0.05) is 71.8 Å². The number of amidine groups is 1. The Hall–Kier alpha value is -2.71. The molecule has 0 unspecified atom stereocenters. The van der Waals surface area contributed by atoms with Crippen LogP contribution in [-0.4, -0.2) is 12.1 Å². The fourth-order valence-electron chi connectivity index (χ4n) is 2.18. The lowest BCUT2D eigenvalue weighted by Crippen LogP contribution is -1.97. The number of hydrogen-bond acceptors (Lipinski definition) is 1. The van der Waals surface area contributed by atoms with Gasteiger partial charge in [0.2, 0.25) is 0 Å². The lowest BCUT2D eigenvalue weighted by atomic mass is 10.2. The average Bonchev–Trinajstić information content (AvgIpc) is 2.62. The molecule has 0 heterocycles. The summed E-state index contributed by atoms with van der Waals surface area (Å²) in [7, 11) is 0. The lowest BCUT2D eigenvalue weighted by molar-refractivity contribution is 1.41. The van der Waals surface area contributed by atoms with Crippen molar-refractivity contribution in [2.24, 2.45) is 9.98 Å². The van der Waals surface area contributed by atoms with E-state index in [4.69, 9.17) is 16.6 Å². The predicted molar refractivity (Wildman–Crippen MR) is 103 cm³/mol. The molecule has 0 amide bonds. The first-order chi connectivity index (χ1) is 11.7. The molecular weight excluding hydrogens is 316 g/mol. The molecule has 0 aliphatic carbocycles. The highest BCUT2D eigenvalue weighted by molar-refractivity contribution is 6.30. The summed E-state index contributed by atoms with van der Waals surface area (Å²) >= 11 is 5.92. The monoisotopic (exact) mass is 332 g/mol. The Bertz CT molecular complexity index is 849. The predicted octanol–water partition coefficient (Wildman–Crippen LogP) is 5.85. The summed E-state index contributed by atoms with van der Waals surface area (Å²) in [4.78, 5) is 9.29. The number of hydrogen-bond donors (Lipinski definition) is 0. The molecule has 3 heteroatoms. The molecule has 0 aliphatic rings. The molecule has 0 aromatic heterocycles. The Morgan fingerprint density at radius 1 is 0.833 bits per heavy atom. The van der Waals surface area contributed by atoms with Crippen LogP contribution >= 0.6 is 11.6 Å². The summed E-state index contributed by atoms with van der Waals surface area (Å²) < 4.78 is 0. The molecule has 2 nitrogen and oxygen atoms in total. The van der Waals surface area contributed by atoms with E-state index in [1.165, 1.54) is 5.56 Å². The highest BCUT2D eigenvalue weighted by Crippen LogP contribution is 2.16. The third-order valence-corrected chi connectivity index (χ3v) is 3.76. The molecule has 118 valence electrons. The maximum absolute atomic E-state index is 5.92. The maximum atomic E-state index is 5.92. The van der Waals surface area contributed by atoms with Crippen molar-refractivity contribution in [1.29, 1.82) is 0 Å². The van der Waals surface area contributed by atoms with Crippen molar-refractivity contribution in [1.82, 2.24) is 0 Å². The van der Waals surface area contributed by atoms with E-state index < -0.39 is 0 Å². The molecule has 0 aliphatic heterocycles. The zero-order chi connectivity index (χ0) is 16.8. The van der Waals surface area contributed by atoms with E-state index in [2.05, 4.69) is 11.9 Å². The number of nitrogens with zero attached hydrogens (tertiary/aromatic N) is 2. The van der Waals surface area contributed by atoms with Gasteiger partial charge < -0.3 is 0 Å². The first-order valence-electron chi connectivity index (χ1n) is 7.71. The van der Waals surface area contributed by atoms with Gasteiger partial charge in [-0.05, 0) is 36.8 Å². The molecule has 0 saturated carbocycles. The molecule has 24 heavy (non-hydrogen) atoms. The fourth-order valence-corrected chi connectivity index (χ4v) is 2.31. The van der Waals surface area contributed by atoms with Gasteiger partial charge in [0.25, 0.3) is 0 Å². The van der Waals surface area contributed by atoms with Gasteiger partial charge in [-0.15, -0.1) is 0 Å². The van der Waals surface area contributed by atoms with Crippen molar-refractivity contribution in [3.63, 3.8) is 0 Å². The van der Waals surface area contributed by atoms with Crippen LogP contribution in [0.3, 0.4) is 0 Å². The minimum atomic E-state index is 0.675. The standard InChI is InChI=1S/C21H17ClN2/c1-16-7-13-20(14-8-16)24-21(18-5-3-2-4-6-18)23-15-17-9-11-19(22)12-10-17/h2-15H,1H3. The second kappa shape index (κ2) is 7.71. The van der Waals surface area contributed by atoms with Gasteiger partial charge in [0.05, 0.1) is 5.69 Å². The van der Waals surface area contributed by atoms with E-state index >= 15 is 0 Å². The lowest BCUT2D eigenvalue weighted by Gasteiger charge is -2.03. The fraction of sp³-hybridized carbons (Fsp3) is 0.0476. The Balaban J connectivity index is 1.96. The van der Waals surface area contributed by atoms with Gasteiger partial charge in [-0.25, -0.2) is 9.98 Å². The molecular formula is C21H17ClN2. The summed E-state index contributed by atoms with van der Waals surface area (Å²) in [6.45, 7) is 2.06. The molecule has 0 bridgehead atoms. The van der Waals surface area contributed by atoms with Gasteiger partial charge >= 0.3 is 0 Å². The number of aliphatic imine (C=N–C) groups is 2. The zero-order valence-corrected chi connectivity index (χ0v) is 14.1.